The number of anilines is 2. The summed E-state index contributed by atoms with van der Waals surface area (Å²) in [6.45, 7) is 1.36. The largest absolute Gasteiger partial charge is 0.368 e. The van der Waals surface area contributed by atoms with Gasteiger partial charge in [-0.2, -0.15) is 10.1 Å². The zero-order valence-electron chi connectivity index (χ0n) is 13.0. The highest BCUT2D eigenvalue weighted by Crippen LogP contribution is 2.11. The molecule has 0 aliphatic rings. The minimum absolute atomic E-state index is 0.486. The summed E-state index contributed by atoms with van der Waals surface area (Å²) in [5.41, 5.74) is 2.28. The van der Waals surface area contributed by atoms with Crippen LogP contribution in [0.2, 0.25) is 5.02 Å². The van der Waals surface area contributed by atoms with E-state index < -0.39 is 0 Å². The number of pyridine rings is 1. The summed E-state index contributed by atoms with van der Waals surface area (Å²) in [7, 11) is 0. The maximum Gasteiger partial charge on any atom is 0.244 e. The molecule has 6 nitrogen and oxygen atoms in total. The van der Waals surface area contributed by atoms with E-state index in [1.165, 1.54) is 5.56 Å². The van der Waals surface area contributed by atoms with Crippen LogP contribution in [-0.4, -0.2) is 26.7 Å². The number of halogens is 1. The van der Waals surface area contributed by atoms with Crippen molar-refractivity contribution in [3.63, 3.8) is 0 Å². The van der Waals surface area contributed by atoms with E-state index >= 15 is 0 Å². The second-order valence-corrected chi connectivity index (χ2v) is 5.62. The Morgan fingerprint density at radius 2 is 1.88 bits per heavy atom. The molecule has 0 aliphatic heterocycles. The summed E-state index contributed by atoms with van der Waals surface area (Å²) < 4.78 is 0. The van der Waals surface area contributed by atoms with E-state index in [0.717, 1.165) is 23.6 Å². The summed E-state index contributed by atoms with van der Waals surface area (Å²) in [5.74, 6) is 1.17. The standard InChI is InChI=1S/C17H17ClN6/c18-15-3-1-2-13(10-15)6-9-20-16-12-22-24-17(23-16)21-11-14-4-7-19-8-5-14/h1-5,7-8,10,12H,6,9,11H2,(H2,20,21,23,24). The number of nitrogens with zero attached hydrogens (tertiary/aromatic N) is 4. The van der Waals surface area contributed by atoms with Crippen molar-refractivity contribution in [1.29, 1.82) is 0 Å². The lowest BCUT2D eigenvalue weighted by Crippen LogP contribution is -2.10. The lowest BCUT2D eigenvalue weighted by Gasteiger charge is -2.08. The van der Waals surface area contributed by atoms with Crippen molar-refractivity contribution in [2.75, 3.05) is 17.2 Å². The molecule has 0 radical (unpaired) electrons. The highest BCUT2D eigenvalue weighted by Gasteiger charge is 2.01. The molecular formula is C17H17ClN6. The van der Waals surface area contributed by atoms with Gasteiger partial charge in [-0.15, -0.1) is 5.10 Å². The Morgan fingerprint density at radius 1 is 1.00 bits per heavy atom. The summed E-state index contributed by atoms with van der Waals surface area (Å²) in [5, 5.41) is 15.1. The molecule has 2 N–H and O–H groups in total. The molecule has 0 saturated heterocycles. The predicted molar refractivity (Wildman–Crippen MR) is 95.0 cm³/mol. The van der Waals surface area contributed by atoms with Crippen LogP contribution in [0.4, 0.5) is 11.8 Å². The van der Waals surface area contributed by atoms with Gasteiger partial charge in [0.05, 0.1) is 6.20 Å². The van der Waals surface area contributed by atoms with E-state index in [4.69, 9.17) is 11.6 Å². The molecule has 1 aromatic carbocycles. The van der Waals surface area contributed by atoms with Crippen LogP contribution in [0.5, 0.6) is 0 Å². The molecule has 2 heterocycles. The number of aromatic nitrogens is 4. The van der Waals surface area contributed by atoms with Gasteiger partial charge >= 0.3 is 0 Å². The predicted octanol–water partition coefficient (Wildman–Crippen LogP) is 3.19. The number of hydrogen-bond acceptors (Lipinski definition) is 6. The van der Waals surface area contributed by atoms with E-state index in [9.17, 15) is 0 Å². The molecule has 7 heteroatoms. The van der Waals surface area contributed by atoms with Crippen molar-refractivity contribution in [3.05, 3.63) is 71.1 Å². The van der Waals surface area contributed by atoms with Gasteiger partial charge in [-0.3, -0.25) is 4.98 Å². The van der Waals surface area contributed by atoms with E-state index in [2.05, 4.69) is 30.8 Å². The normalized spacial score (nSPS) is 10.4. The highest BCUT2D eigenvalue weighted by atomic mass is 35.5. The topological polar surface area (TPSA) is 75.6 Å². The molecule has 0 aliphatic carbocycles. The zero-order chi connectivity index (χ0) is 16.6. The van der Waals surface area contributed by atoms with Crippen molar-refractivity contribution in [2.45, 2.75) is 13.0 Å². The molecule has 0 atom stereocenters. The molecule has 0 unspecified atom stereocenters. The summed E-state index contributed by atoms with van der Waals surface area (Å²) in [4.78, 5) is 8.39. The minimum atomic E-state index is 0.486. The van der Waals surface area contributed by atoms with Crippen LogP contribution in [0.25, 0.3) is 0 Å². The third-order valence-electron chi connectivity index (χ3n) is 3.37. The van der Waals surface area contributed by atoms with Crippen molar-refractivity contribution in [2.24, 2.45) is 0 Å². The average Bonchev–Trinajstić information content (AvgIpc) is 2.61. The Hall–Kier alpha value is -2.73. The Morgan fingerprint density at radius 3 is 2.71 bits per heavy atom. The van der Waals surface area contributed by atoms with Gasteiger partial charge in [-0.05, 0) is 41.8 Å². The fourth-order valence-corrected chi connectivity index (χ4v) is 2.39. The van der Waals surface area contributed by atoms with Crippen molar-refractivity contribution in [1.82, 2.24) is 20.2 Å². The Kier molecular flexibility index (Phi) is 5.52. The molecule has 3 aromatic rings. The van der Waals surface area contributed by atoms with Crippen molar-refractivity contribution in [3.8, 4) is 0 Å². The van der Waals surface area contributed by atoms with E-state index in [1.54, 1.807) is 18.6 Å². The van der Waals surface area contributed by atoms with Crippen LogP contribution in [-0.2, 0) is 13.0 Å². The number of nitrogens with one attached hydrogen (secondary N) is 2. The average molecular weight is 341 g/mol. The number of rotatable bonds is 7. The Balaban J connectivity index is 1.51. The molecule has 2 aromatic heterocycles. The second-order valence-electron chi connectivity index (χ2n) is 5.18. The van der Waals surface area contributed by atoms with Gasteiger partial charge < -0.3 is 10.6 Å². The monoisotopic (exact) mass is 340 g/mol. The smallest absolute Gasteiger partial charge is 0.244 e. The first-order valence-electron chi connectivity index (χ1n) is 7.60. The molecule has 122 valence electrons. The maximum absolute atomic E-state index is 5.98. The lowest BCUT2D eigenvalue weighted by molar-refractivity contribution is 0.928. The van der Waals surface area contributed by atoms with Crippen LogP contribution in [0.15, 0.2) is 55.0 Å². The van der Waals surface area contributed by atoms with Crippen LogP contribution in [0.1, 0.15) is 11.1 Å². The highest BCUT2D eigenvalue weighted by molar-refractivity contribution is 6.30. The maximum atomic E-state index is 5.98. The van der Waals surface area contributed by atoms with E-state index in [-0.39, 0.29) is 0 Å². The molecule has 3 rings (SSSR count). The van der Waals surface area contributed by atoms with Crippen molar-refractivity contribution < 1.29 is 0 Å². The first kappa shape index (κ1) is 16.1. The van der Waals surface area contributed by atoms with Crippen LogP contribution in [0, 0.1) is 0 Å². The molecule has 0 saturated carbocycles. The fourth-order valence-electron chi connectivity index (χ4n) is 2.17. The zero-order valence-corrected chi connectivity index (χ0v) is 13.7. The summed E-state index contributed by atoms with van der Waals surface area (Å²) in [6, 6.07) is 11.7. The molecule has 24 heavy (non-hydrogen) atoms. The molecule has 0 amide bonds. The van der Waals surface area contributed by atoms with Gasteiger partial charge in [0.15, 0.2) is 5.82 Å². The van der Waals surface area contributed by atoms with Gasteiger partial charge in [0, 0.05) is 30.5 Å². The van der Waals surface area contributed by atoms with Gasteiger partial charge in [0.25, 0.3) is 0 Å². The first-order chi connectivity index (χ1) is 11.8. The van der Waals surface area contributed by atoms with Crippen LogP contribution < -0.4 is 10.6 Å². The number of benzene rings is 1. The Bertz CT molecular complexity index is 781. The van der Waals surface area contributed by atoms with Crippen molar-refractivity contribution >= 4 is 23.4 Å². The molecule has 0 spiro atoms. The quantitative estimate of drug-likeness (QED) is 0.688. The minimum Gasteiger partial charge on any atom is -0.368 e. The van der Waals surface area contributed by atoms with Crippen LogP contribution >= 0.6 is 11.6 Å². The van der Waals surface area contributed by atoms with Crippen LogP contribution in [0.3, 0.4) is 0 Å². The molecule has 0 fully saturated rings. The van der Waals surface area contributed by atoms with E-state index in [0.29, 0.717) is 18.3 Å². The van der Waals surface area contributed by atoms with Gasteiger partial charge in [0.2, 0.25) is 5.95 Å². The molecular weight excluding hydrogens is 324 g/mol. The van der Waals surface area contributed by atoms with Gasteiger partial charge in [0.1, 0.15) is 0 Å². The molecule has 0 bridgehead atoms. The second kappa shape index (κ2) is 8.21. The SMILES string of the molecule is Clc1cccc(CCNc2cnnc(NCc3ccncc3)n2)c1. The lowest BCUT2D eigenvalue weighted by atomic mass is 10.1. The van der Waals surface area contributed by atoms with Gasteiger partial charge in [-0.1, -0.05) is 23.7 Å². The Labute approximate surface area is 145 Å². The number of hydrogen-bond donors (Lipinski definition) is 2. The third-order valence-corrected chi connectivity index (χ3v) is 3.60. The summed E-state index contributed by atoms with van der Waals surface area (Å²) >= 11 is 5.98. The summed E-state index contributed by atoms with van der Waals surface area (Å²) in [6.07, 6.45) is 5.97. The first-order valence-corrected chi connectivity index (χ1v) is 7.98. The van der Waals surface area contributed by atoms with E-state index in [1.807, 2.05) is 36.4 Å². The third kappa shape index (κ3) is 4.89. The van der Waals surface area contributed by atoms with Gasteiger partial charge in [-0.25, -0.2) is 0 Å². The fraction of sp³-hybridized carbons (Fsp3) is 0.176.